The quantitative estimate of drug-likeness (QED) is 0.408. The lowest BCUT2D eigenvalue weighted by molar-refractivity contribution is -0.150. The summed E-state index contributed by atoms with van der Waals surface area (Å²) in [4.78, 5) is 48.9. The summed E-state index contributed by atoms with van der Waals surface area (Å²) in [6.07, 6.45) is 1.48. The fourth-order valence-corrected chi connectivity index (χ4v) is 4.22. The number of benzene rings is 1. The van der Waals surface area contributed by atoms with Gasteiger partial charge in [-0.25, -0.2) is 9.59 Å². The van der Waals surface area contributed by atoms with Crippen molar-refractivity contribution in [1.82, 2.24) is 4.90 Å². The highest BCUT2D eigenvalue weighted by atomic mass is 79.9. The maximum atomic E-state index is 12.6. The minimum atomic E-state index is -1.03. The van der Waals surface area contributed by atoms with Crippen LogP contribution in [-0.2, 0) is 23.9 Å². The van der Waals surface area contributed by atoms with Crippen LogP contribution in [0.1, 0.15) is 19.4 Å². The zero-order valence-corrected chi connectivity index (χ0v) is 18.9. The molecule has 8 nitrogen and oxygen atoms in total. The first-order valence-corrected chi connectivity index (χ1v) is 10.3. The van der Waals surface area contributed by atoms with E-state index in [2.05, 4.69) is 20.7 Å². The number of rotatable bonds is 7. The smallest absolute Gasteiger partial charge is 0.343 e. The van der Waals surface area contributed by atoms with Crippen LogP contribution in [0, 0.1) is 0 Å². The molecule has 0 N–H and O–H groups in total. The number of carbonyl (C=O) groups is 4. The second-order valence-corrected chi connectivity index (χ2v) is 7.91. The first-order chi connectivity index (χ1) is 13.7. The van der Waals surface area contributed by atoms with E-state index >= 15 is 0 Å². The molecule has 29 heavy (non-hydrogen) atoms. The van der Waals surface area contributed by atoms with Gasteiger partial charge in [-0.05, 0) is 65.3 Å². The fraction of sp³-hybridized carbons (Fsp3) is 0.333. The van der Waals surface area contributed by atoms with Gasteiger partial charge in [-0.1, -0.05) is 11.6 Å². The fourth-order valence-electron chi connectivity index (χ4n) is 2.32. The number of imide groups is 1. The Balaban J connectivity index is 2.24. The summed E-state index contributed by atoms with van der Waals surface area (Å²) in [7, 11) is 1.24. The Morgan fingerprint density at radius 2 is 2.03 bits per heavy atom. The molecule has 1 atom stereocenters. The van der Waals surface area contributed by atoms with Crippen LogP contribution < -0.4 is 4.74 Å². The zero-order chi connectivity index (χ0) is 21.7. The largest absolute Gasteiger partial charge is 0.479 e. The van der Waals surface area contributed by atoms with Crippen molar-refractivity contribution in [3.05, 3.63) is 32.1 Å². The Kier molecular flexibility index (Phi) is 8.12. The molecule has 1 fully saturated rings. The molecule has 0 bridgehead atoms. The van der Waals surface area contributed by atoms with Gasteiger partial charge in [0.25, 0.3) is 11.1 Å². The van der Waals surface area contributed by atoms with Crippen LogP contribution >= 0.6 is 39.3 Å². The highest BCUT2D eigenvalue weighted by Crippen LogP contribution is 2.38. The van der Waals surface area contributed by atoms with Crippen LogP contribution in [0.5, 0.6) is 5.75 Å². The van der Waals surface area contributed by atoms with E-state index in [1.54, 1.807) is 13.0 Å². The van der Waals surface area contributed by atoms with Crippen LogP contribution in [0.25, 0.3) is 6.08 Å². The van der Waals surface area contributed by atoms with Gasteiger partial charge >= 0.3 is 11.9 Å². The van der Waals surface area contributed by atoms with Gasteiger partial charge in [0.1, 0.15) is 6.04 Å². The number of hydrogen-bond acceptors (Lipinski definition) is 8. The predicted molar refractivity (Wildman–Crippen MR) is 111 cm³/mol. The van der Waals surface area contributed by atoms with Gasteiger partial charge < -0.3 is 14.2 Å². The highest BCUT2D eigenvalue weighted by molar-refractivity contribution is 9.10. The van der Waals surface area contributed by atoms with E-state index in [0.29, 0.717) is 21.8 Å². The maximum Gasteiger partial charge on any atom is 0.343 e. The molecule has 0 unspecified atom stereocenters. The standard InChI is InChI=1S/C18H17BrClNO7S/c1-4-27-17(24)9(2)21-16(23)13(29-18(21)25)7-10-5-11(19)15(12(20)6-10)28-8-14(22)26-3/h5-7,9H,4,8H2,1-3H3/b13-7+/t9-/m0/s1. The van der Waals surface area contributed by atoms with Crippen LogP contribution in [0.2, 0.25) is 5.02 Å². The molecule has 0 spiro atoms. The van der Waals surface area contributed by atoms with Crippen molar-refractivity contribution < 1.29 is 33.4 Å². The molecule has 11 heteroatoms. The topological polar surface area (TPSA) is 99.2 Å². The lowest BCUT2D eigenvalue weighted by atomic mass is 10.2. The van der Waals surface area contributed by atoms with Crippen molar-refractivity contribution in [2.45, 2.75) is 19.9 Å². The summed E-state index contributed by atoms with van der Waals surface area (Å²) in [5.74, 6) is -1.59. The van der Waals surface area contributed by atoms with Gasteiger partial charge in [0.15, 0.2) is 12.4 Å². The molecule has 156 valence electrons. The number of halogens is 2. The van der Waals surface area contributed by atoms with Crippen molar-refractivity contribution in [3.8, 4) is 5.75 Å². The third kappa shape index (κ3) is 5.52. The monoisotopic (exact) mass is 505 g/mol. The number of methoxy groups -OCH3 is 1. The number of ether oxygens (including phenoxy) is 3. The first-order valence-electron chi connectivity index (χ1n) is 8.31. The van der Waals surface area contributed by atoms with E-state index in [1.807, 2.05) is 0 Å². The molecule has 0 saturated carbocycles. The third-order valence-corrected chi connectivity index (χ3v) is 5.47. The number of esters is 2. The summed E-state index contributed by atoms with van der Waals surface area (Å²) in [5, 5.41) is -0.376. The molecule has 1 aliphatic rings. The van der Waals surface area contributed by atoms with Gasteiger partial charge in [0.2, 0.25) is 0 Å². The van der Waals surface area contributed by atoms with Crippen molar-refractivity contribution >= 4 is 68.5 Å². The van der Waals surface area contributed by atoms with E-state index in [0.717, 1.165) is 4.90 Å². The highest BCUT2D eigenvalue weighted by Gasteiger charge is 2.41. The molecule has 1 aromatic carbocycles. The number of amides is 2. The van der Waals surface area contributed by atoms with E-state index in [-0.39, 0.29) is 28.9 Å². The second kappa shape index (κ2) is 10.1. The zero-order valence-electron chi connectivity index (χ0n) is 15.7. The van der Waals surface area contributed by atoms with Crippen LogP contribution in [0.3, 0.4) is 0 Å². The van der Waals surface area contributed by atoms with E-state index in [1.165, 1.54) is 26.2 Å². The third-order valence-electron chi connectivity index (χ3n) is 3.72. The molecule has 2 rings (SSSR count). The minimum absolute atomic E-state index is 0.136. The SMILES string of the molecule is CCOC(=O)[C@H](C)N1C(=O)S/C(=C/c2cc(Cl)c(OCC(=O)OC)c(Br)c2)C1=O. The van der Waals surface area contributed by atoms with Gasteiger partial charge in [0.05, 0.1) is 28.1 Å². The molecule has 1 aromatic rings. The Hall–Kier alpha value is -2.04. The van der Waals surface area contributed by atoms with E-state index < -0.39 is 29.1 Å². The first kappa shape index (κ1) is 23.2. The second-order valence-electron chi connectivity index (χ2n) is 5.66. The number of nitrogens with zero attached hydrogens (tertiary/aromatic N) is 1. The summed E-state index contributed by atoms with van der Waals surface area (Å²) in [6.45, 7) is 2.89. The molecular formula is C18H17BrClNO7S. The Labute approximate surface area is 184 Å². The molecule has 1 heterocycles. The molecular weight excluding hydrogens is 490 g/mol. The van der Waals surface area contributed by atoms with Gasteiger partial charge in [-0.2, -0.15) is 0 Å². The number of thioether (sulfide) groups is 1. The summed E-state index contributed by atoms with van der Waals surface area (Å²) in [5.41, 5.74) is 0.515. The Morgan fingerprint density at radius 3 is 2.62 bits per heavy atom. The van der Waals surface area contributed by atoms with Crippen molar-refractivity contribution in [3.63, 3.8) is 0 Å². The van der Waals surface area contributed by atoms with Crippen LogP contribution in [0.4, 0.5) is 4.79 Å². The predicted octanol–water partition coefficient (Wildman–Crippen LogP) is 3.64. The molecule has 1 aliphatic heterocycles. The molecule has 0 aliphatic carbocycles. The van der Waals surface area contributed by atoms with Crippen molar-refractivity contribution in [2.75, 3.05) is 20.3 Å². The number of carbonyl (C=O) groups excluding carboxylic acids is 4. The molecule has 1 saturated heterocycles. The molecule has 2 amide bonds. The lowest BCUT2D eigenvalue weighted by Gasteiger charge is -2.19. The number of hydrogen-bond donors (Lipinski definition) is 0. The van der Waals surface area contributed by atoms with Gasteiger partial charge in [0, 0.05) is 0 Å². The normalized spacial score (nSPS) is 16.2. The molecule has 0 aromatic heterocycles. The van der Waals surface area contributed by atoms with Gasteiger partial charge in [-0.15, -0.1) is 0 Å². The minimum Gasteiger partial charge on any atom is -0.479 e. The lowest BCUT2D eigenvalue weighted by Crippen LogP contribution is -2.42. The van der Waals surface area contributed by atoms with Crippen molar-refractivity contribution in [2.24, 2.45) is 0 Å². The maximum absolute atomic E-state index is 12.6. The molecule has 0 radical (unpaired) electrons. The Bertz CT molecular complexity index is 866. The summed E-state index contributed by atoms with van der Waals surface area (Å²) >= 11 is 10.2. The van der Waals surface area contributed by atoms with Crippen molar-refractivity contribution in [1.29, 1.82) is 0 Å². The van der Waals surface area contributed by atoms with Gasteiger partial charge in [-0.3, -0.25) is 14.5 Å². The van der Waals surface area contributed by atoms with Crippen LogP contribution in [0.15, 0.2) is 21.5 Å². The average Bonchev–Trinajstić information content (AvgIpc) is 2.93. The summed E-state index contributed by atoms with van der Waals surface area (Å²) < 4.78 is 15.1. The average molecular weight is 507 g/mol. The van der Waals surface area contributed by atoms with E-state index in [9.17, 15) is 19.2 Å². The van der Waals surface area contributed by atoms with E-state index in [4.69, 9.17) is 21.1 Å². The summed E-state index contributed by atoms with van der Waals surface area (Å²) in [6, 6.07) is 2.10. The van der Waals surface area contributed by atoms with Crippen LogP contribution in [-0.4, -0.2) is 54.4 Å². The Morgan fingerprint density at radius 1 is 1.34 bits per heavy atom.